The van der Waals surface area contributed by atoms with E-state index in [1.54, 1.807) is 13.8 Å². The Morgan fingerprint density at radius 2 is 2.10 bits per heavy atom. The summed E-state index contributed by atoms with van der Waals surface area (Å²) < 4.78 is 18.5. The molecular weight excluding hydrogens is 345 g/mol. The van der Waals surface area contributed by atoms with Crippen molar-refractivity contribution in [1.29, 1.82) is 0 Å². The first-order valence-corrected chi connectivity index (χ1v) is 7.09. The van der Waals surface area contributed by atoms with Crippen LogP contribution >= 0.6 is 15.9 Å². The molecule has 7 heteroatoms. The fraction of sp³-hybridized carbons (Fsp3) is 0.429. The number of ether oxygens (including phenoxy) is 1. The van der Waals surface area contributed by atoms with Gasteiger partial charge in [-0.05, 0) is 54.4 Å². The van der Waals surface area contributed by atoms with Gasteiger partial charge in [-0.25, -0.2) is 4.39 Å². The number of nitrogens with one attached hydrogen (secondary N) is 1. The first-order chi connectivity index (χ1) is 9.72. The maximum Gasteiger partial charge on any atom is 0.309 e. The normalized spacial score (nSPS) is 11.0. The van der Waals surface area contributed by atoms with E-state index in [9.17, 15) is 14.0 Å². The van der Waals surface area contributed by atoms with Crippen LogP contribution in [0.4, 0.5) is 4.39 Å². The first kappa shape index (κ1) is 17.4. The molecule has 1 amide bonds. The number of aliphatic carboxylic acids is 1. The smallest absolute Gasteiger partial charge is 0.309 e. The van der Waals surface area contributed by atoms with E-state index in [0.717, 1.165) is 0 Å². The van der Waals surface area contributed by atoms with E-state index >= 15 is 0 Å². The molecule has 1 aromatic carbocycles. The Labute approximate surface area is 130 Å². The Morgan fingerprint density at radius 3 is 2.67 bits per heavy atom. The van der Waals surface area contributed by atoms with E-state index in [1.807, 2.05) is 0 Å². The number of halogens is 2. The number of amides is 1. The molecule has 0 aliphatic carbocycles. The third kappa shape index (κ3) is 5.71. The van der Waals surface area contributed by atoms with E-state index in [1.165, 1.54) is 18.2 Å². The highest BCUT2D eigenvalue weighted by Crippen LogP contribution is 2.25. The zero-order valence-corrected chi connectivity index (χ0v) is 13.4. The monoisotopic (exact) mass is 361 g/mol. The van der Waals surface area contributed by atoms with Crippen molar-refractivity contribution in [3.63, 3.8) is 0 Å². The minimum atomic E-state index is -0.914. The molecule has 0 aliphatic rings. The van der Waals surface area contributed by atoms with Gasteiger partial charge in [-0.1, -0.05) is 0 Å². The van der Waals surface area contributed by atoms with Gasteiger partial charge in [0.25, 0.3) is 5.91 Å². The van der Waals surface area contributed by atoms with Crippen molar-refractivity contribution in [2.24, 2.45) is 5.41 Å². The summed E-state index contributed by atoms with van der Waals surface area (Å²) in [5.74, 6) is -1.33. The van der Waals surface area contributed by atoms with Crippen LogP contribution in [0.3, 0.4) is 0 Å². The minimum absolute atomic E-state index is 0.224. The summed E-state index contributed by atoms with van der Waals surface area (Å²) in [6, 6.07) is 3.89. The molecule has 0 unspecified atom stereocenters. The molecule has 0 heterocycles. The lowest BCUT2D eigenvalue weighted by Crippen LogP contribution is -2.34. The lowest BCUT2D eigenvalue weighted by atomic mass is 9.90. The molecule has 5 nitrogen and oxygen atoms in total. The maximum absolute atomic E-state index is 12.9. The topological polar surface area (TPSA) is 75.6 Å². The predicted octanol–water partition coefficient (Wildman–Crippen LogP) is 2.58. The molecule has 0 aliphatic heterocycles. The van der Waals surface area contributed by atoms with Crippen LogP contribution in [0.2, 0.25) is 0 Å². The van der Waals surface area contributed by atoms with Crippen molar-refractivity contribution in [2.75, 3.05) is 13.2 Å². The van der Waals surface area contributed by atoms with Gasteiger partial charge < -0.3 is 15.2 Å². The number of hydrogen-bond acceptors (Lipinski definition) is 3. The fourth-order valence-electron chi connectivity index (χ4n) is 1.41. The average molecular weight is 362 g/mol. The summed E-state index contributed by atoms with van der Waals surface area (Å²) in [7, 11) is 0. The van der Waals surface area contributed by atoms with Gasteiger partial charge in [0, 0.05) is 6.54 Å². The van der Waals surface area contributed by atoms with Crippen LogP contribution in [0.15, 0.2) is 22.7 Å². The zero-order chi connectivity index (χ0) is 16.0. The summed E-state index contributed by atoms with van der Waals surface area (Å²) in [4.78, 5) is 22.5. The maximum atomic E-state index is 12.9. The number of benzene rings is 1. The van der Waals surface area contributed by atoms with Crippen LogP contribution in [0.1, 0.15) is 20.3 Å². The van der Waals surface area contributed by atoms with Gasteiger partial charge in [-0.15, -0.1) is 0 Å². The van der Waals surface area contributed by atoms with Gasteiger partial charge in [-0.3, -0.25) is 9.59 Å². The summed E-state index contributed by atoms with van der Waals surface area (Å²) in [6.45, 7) is 3.20. The highest BCUT2D eigenvalue weighted by molar-refractivity contribution is 9.10. The number of carboxylic acid groups (broad SMARTS) is 1. The molecule has 0 saturated carbocycles. The Kier molecular flexibility index (Phi) is 6.14. The summed E-state index contributed by atoms with van der Waals surface area (Å²) in [6.07, 6.45) is 0.314. The van der Waals surface area contributed by atoms with E-state index < -0.39 is 17.2 Å². The van der Waals surface area contributed by atoms with Gasteiger partial charge in [0.05, 0.1) is 9.89 Å². The van der Waals surface area contributed by atoms with Crippen LogP contribution in [-0.2, 0) is 9.59 Å². The van der Waals surface area contributed by atoms with E-state index in [-0.39, 0.29) is 19.1 Å². The summed E-state index contributed by atoms with van der Waals surface area (Å²) in [5.41, 5.74) is -0.895. The highest BCUT2D eigenvalue weighted by atomic mass is 79.9. The van der Waals surface area contributed by atoms with Crippen molar-refractivity contribution in [1.82, 2.24) is 5.32 Å². The van der Waals surface area contributed by atoms with Crippen LogP contribution in [0.25, 0.3) is 0 Å². The molecule has 0 saturated heterocycles. The van der Waals surface area contributed by atoms with Gasteiger partial charge >= 0.3 is 5.97 Å². The predicted molar refractivity (Wildman–Crippen MR) is 78.6 cm³/mol. The van der Waals surface area contributed by atoms with Crippen molar-refractivity contribution < 1.29 is 23.8 Å². The van der Waals surface area contributed by atoms with Crippen LogP contribution in [0, 0.1) is 11.2 Å². The largest absolute Gasteiger partial charge is 0.483 e. The lowest BCUT2D eigenvalue weighted by molar-refractivity contribution is -0.147. The highest BCUT2D eigenvalue weighted by Gasteiger charge is 2.26. The van der Waals surface area contributed by atoms with E-state index in [2.05, 4.69) is 21.2 Å². The standard InChI is InChI=1S/C14H17BrFNO4/c1-14(2,13(19)20)5-6-17-12(18)8-21-11-4-3-9(16)7-10(11)15/h3-4,7H,5-6,8H2,1-2H3,(H,17,18)(H,19,20). The molecule has 0 aromatic heterocycles. The number of carbonyl (C=O) groups is 2. The number of rotatable bonds is 7. The van der Waals surface area contributed by atoms with Gasteiger partial charge in [0.15, 0.2) is 6.61 Å². The van der Waals surface area contributed by atoms with Crippen molar-refractivity contribution in [3.8, 4) is 5.75 Å². The number of carbonyl (C=O) groups excluding carboxylic acids is 1. The van der Waals surface area contributed by atoms with Gasteiger partial charge in [0.2, 0.25) is 0 Å². The number of carboxylic acids is 1. The molecule has 2 N–H and O–H groups in total. The molecular formula is C14H17BrFNO4. The SMILES string of the molecule is CC(C)(CCNC(=O)COc1ccc(F)cc1Br)C(=O)O. The Morgan fingerprint density at radius 1 is 1.43 bits per heavy atom. The van der Waals surface area contributed by atoms with Gasteiger partial charge in [0.1, 0.15) is 11.6 Å². The Balaban J connectivity index is 2.36. The molecule has 0 bridgehead atoms. The molecule has 1 aromatic rings. The average Bonchev–Trinajstić information content (AvgIpc) is 2.37. The molecule has 116 valence electrons. The lowest BCUT2D eigenvalue weighted by Gasteiger charge is -2.18. The zero-order valence-electron chi connectivity index (χ0n) is 11.8. The van der Waals surface area contributed by atoms with Crippen molar-refractivity contribution >= 4 is 27.8 Å². The molecule has 0 spiro atoms. The second-order valence-corrected chi connectivity index (χ2v) is 6.01. The molecule has 0 radical (unpaired) electrons. The Hall–Kier alpha value is -1.63. The summed E-state index contributed by atoms with van der Waals surface area (Å²) in [5, 5.41) is 11.5. The first-order valence-electron chi connectivity index (χ1n) is 6.30. The van der Waals surface area contributed by atoms with Crippen LogP contribution < -0.4 is 10.1 Å². The van der Waals surface area contributed by atoms with Crippen LogP contribution in [-0.4, -0.2) is 30.1 Å². The minimum Gasteiger partial charge on any atom is -0.483 e. The van der Waals surface area contributed by atoms with Gasteiger partial charge in [-0.2, -0.15) is 0 Å². The fourth-order valence-corrected chi connectivity index (χ4v) is 1.87. The molecule has 0 fully saturated rings. The second-order valence-electron chi connectivity index (χ2n) is 5.15. The third-order valence-corrected chi connectivity index (χ3v) is 3.52. The summed E-state index contributed by atoms with van der Waals surface area (Å²) >= 11 is 3.13. The van der Waals surface area contributed by atoms with E-state index in [4.69, 9.17) is 9.84 Å². The second kappa shape index (κ2) is 7.40. The molecule has 21 heavy (non-hydrogen) atoms. The number of hydrogen-bond donors (Lipinski definition) is 2. The molecule has 1 rings (SSSR count). The van der Waals surface area contributed by atoms with Crippen molar-refractivity contribution in [3.05, 3.63) is 28.5 Å². The van der Waals surface area contributed by atoms with E-state index in [0.29, 0.717) is 16.6 Å². The molecule has 0 atom stereocenters. The third-order valence-electron chi connectivity index (χ3n) is 2.90. The Bertz CT molecular complexity index is 534. The van der Waals surface area contributed by atoms with Crippen LogP contribution in [0.5, 0.6) is 5.75 Å². The quantitative estimate of drug-likeness (QED) is 0.782. The van der Waals surface area contributed by atoms with Crippen molar-refractivity contribution in [2.45, 2.75) is 20.3 Å².